The van der Waals surface area contributed by atoms with Crippen LogP contribution in [0.2, 0.25) is 18.1 Å². The number of nitrogens with zero attached hydrogens (tertiary/aromatic N) is 1. The lowest BCUT2D eigenvalue weighted by Gasteiger charge is -2.36. The number of methoxy groups -OCH3 is 1. The Bertz CT molecular complexity index is 678. The molecule has 2 rings (SSSR count). The molecular weight excluding hydrogens is 318 g/mol. The van der Waals surface area contributed by atoms with Crippen LogP contribution in [0.5, 0.6) is 5.75 Å². The van der Waals surface area contributed by atoms with Crippen molar-refractivity contribution in [1.29, 1.82) is 0 Å². The summed E-state index contributed by atoms with van der Waals surface area (Å²) in [4.78, 5) is 0. The molecule has 0 aliphatic heterocycles. The molecule has 0 N–H and O–H groups in total. The molecule has 0 amide bonds. The number of benzene rings is 1. The van der Waals surface area contributed by atoms with Gasteiger partial charge in [0.15, 0.2) is 12.3 Å². The fraction of sp³-hybridized carbons (Fsp3) is 0.421. The van der Waals surface area contributed by atoms with Crippen LogP contribution in [0.4, 0.5) is 0 Å². The van der Waals surface area contributed by atoms with Crippen molar-refractivity contribution in [2.75, 3.05) is 7.11 Å². The Morgan fingerprint density at radius 2 is 1.67 bits per heavy atom. The van der Waals surface area contributed by atoms with Crippen LogP contribution in [0.25, 0.3) is 0 Å². The van der Waals surface area contributed by atoms with Crippen LogP contribution in [0.3, 0.4) is 0 Å². The van der Waals surface area contributed by atoms with Crippen LogP contribution in [-0.2, 0) is 4.74 Å². The van der Waals surface area contributed by atoms with Crippen molar-refractivity contribution in [3.63, 3.8) is 0 Å². The Morgan fingerprint density at radius 3 is 2.17 bits per heavy atom. The zero-order chi connectivity index (χ0) is 18.0. The SMILES string of the molecule is COC(c1ccc(O[Si](C)(C)C(C)(C)C)cc1)c1cccc[n+]1[O-]. The first-order chi connectivity index (χ1) is 11.2. The van der Waals surface area contributed by atoms with Crippen LogP contribution in [0.15, 0.2) is 48.7 Å². The van der Waals surface area contributed by atoms with E-state index in [0.29, 0.717) is 5.69 Å². The molecule has 0 aliphatic carbocycles. The summed E-state index contributed by atoms with van der Waals surface area (Å²) >= 11 is 0. The molecule has 0 saturated heterocycles. The third kappa shape index (κ3) is 3.97. The smallest absolute Gasteiger partial charge is 0.250 e. The molecule has 1 aromatic heterocycles. The molecule has 0 fully saturated rings. The zero-order valence-corrected chi connectivity index (χ0v) is 16.4. The molecular formula is C19H27NO3Si. The number of hydrogen-bond donors (Lipinski definition) is 0. The number of aromatic nitrogens is 1. The molecule has 1 heterocycles. The highest BCUT2D eigenvalue weighted by molar-refractivity contribution is 6.74. The fourth-order valence-corrected chi connectivity index (χ4v) is 3.26. The first kappa shape index (κ1) is 18.5. The summed E-state index contributed by atoms with van der Waals surface area (Å²) < 4.78 is 12.7. The van der Waals surface area contributed by atoms with Gasteiger partial charge in [-0.25, -0.2) is 0 Å². The Hall–Kier alpha value is -1.85. The first-order valence-electron chi connectivity index (χ1n) is 8.15. The van der Waals surface area contributed by atoms with E-state index in [-0.39, 0.29) is 5.04 Å². The maximum Gasteiger partial charge on any atom is 0.250 e. The van der Waals surface area contributed by atoms with Crippen molar-refractivity contribution >= 4 is 8.32 Å². The van der Waals surface area contributed by atoms with Gasteiger partial charge in [-0.05, 0) is 41.9 Å². The molecule has 0 bridgehead atoms. The first-order valence-corrected chi connectivity index (χ1v) is 11.1. The fourth-order valence-electron chi connectivity index (χ4n) is 2.23. The van der Waals surface area contributed by atoms with Crippen LogP contribution in [0, 0.1) is 5.21 Å². The predicted octanol–water partition coefficient (Wildman–Crippen LogP) is 4.44. The normalized spacial score (nSPS) is 13.6. The van der Waals surface area contributed by atoms with Gasteiger partial charge in [-0.15, -0.1) is 0 Å². The summed E-state index contributed by atoms with van der Waals surface area (Å²) in [5, 5.41) is 12.1. The summed E-state index contributed by atoms with van der Waals surface area (Å²) in [6.07, 6.45) is 1.08. The second-order valence-electron chi connectivity index (χ2n) is 7.50. The summed E-state index contributed by atoms with van der Waals surface area (Å²) in [5.74, 6) is 0.864. The Morgan fingerprint density at radius 1 is 1.04 bits per heavy atom. The summed E-state index contributed by atoms with van der Waals surface area (Å²) in [7, 11) is -0.248. The Kier molecular flexibility index (Phi) is 5.35. The zero-order valence-electron chi connectivity index (χ0n) is 15.4. The molecule has 2 aromatic rings. The highest BCUT2D eigenvalue weighted by atomic mass is 28.4. The standard InChI is InChI=1S/C19H27NO3Si/c1-19(2,3)24(5,6)23-16-12-10-15(11-13-16)18(22-4)17-9-7-8-14-20(17)21/h7-14,18H,1-6H3. The van der Waals surface area contributed by atoms with Crippen molar-refractivity contribution in [1.82, 2.24) is 0 Å². The van der Waals surface area contributed by atoms with Crippen LogP contribution < -0.4 is 9.16 Å². The predicted molar refractivity (Wildman–Crippen MR) is 98.5 cm³/mol. The monoisotopic (exact) mass is 345 g/mol. The lowest BCUT2D eigenvalue weighted by Crippen LogP contribution is -2.43. The van der Waals surface area contributed by atoms with E-state index in [0.717, 1.165) is 16.0 Å². The van der Waals surface area contributed by atoms with E-state index in [2.05, 4.69) is 33.9 Å². The van der Waals surface area contributed by atoms with E-state index < -0.39 is 14.4 Å². The molecule has 0 aliphatic rings. The van der Waals surface area contributed by atoms with Gasteiger partial charge in [-0.1, -0.05) is 32.9 Å². The molecule has 24 heavy (non-hydrogen) atoms. The number of ether oxygens (including phenoxy) is 1. The second kappa shape index (κ2) is 6.95. The van der Waals surface area contributed by atoms with Crippen LogP contribution in [-0.4, -0.2) is 15.4 Å². The quantitative estimate of drug-likeness (QED) is 0.457. The van der Waals surface area contributed by atoms with Crippen LogP contribution >= 0.6 is 0 Å². The van der Waals surface area contributed by atoms with E-state index in [1.807, 2.05) is 30.3 Å². The summed E-state index contributed by atoms with van der Waals surface area (Å²) in [5.41, 5.74) is 1.49. The van der Waals surface area contributed by atoms with Gasteiger partial charge in [0.2, 0.25) is 14.0 Å². The van der Waals surface area contributed by atoms with Crippen molar-refractivity contribution in [2.24, 2.45) is 0 Å². The van der Waals surface area contributed by atoms with E-state index in [9.17, 15) is 5.21 Å². The average Bonchev–Trinajstić information content (AvgIpc) is 2.50. The Balaban J connectivity index is 2.24. The van der Waals surface area contributed by atoms with Gasteiger partial charge >= 0.3 is 0 Å². The minimum absolute atomic E-state index is 0.152. The number of rotatable bonds is 5. The molecule has 0 radical (unpaired) electrons. The lowest BCUT2D eigenvalue weighted by atomic mass is 10.1. The lowest BCUT2D eigenvalue weighted by molar-refractivity contribution is -0.617. The number of hydrogen-bond acceptors (Lipinski definition) is 3. The molecule has 0 spiro atoms. The Labute approximate surface area is 145 Å². The van der Waals surface area contributed by atoms with Gasteiger partial charge < -0.3 is 14.4 Å². The molecule has 4 nitrogen and oxygen atoms in total. The maximum absolute atomic E-state index is 12.0. The average molecular weight is 346 g/mol. The third-order valence-electron chi connectivity index (χ3n) is 4.72. The van der Waals surface area contributed by atoms with E-state index in [4.69, 9.17) is 9.16 Å². The van der Waals surface area contributed by atoms with Crippen molar-refractivity contribution in [3.05, 3.63) is 65.1 Å². The van der Waals surface area contributed by atoms with E-state index >= 15 is 0 Å². The van der Waals surface area contributed by atoms with E-state index in [1.165, 1.54) is 6.20 Å². The summed E-state index contributed by atoms with van der Waals surface area (Å²) in [6.45, 7) is 11.1. The molecule has 130 valence electrons. The van der Waals surface area contributed by atoms with Gasteiger partial charge in [-0.2, -0.15) is 4.73 Å². The van der Waals surface area contributed by atoms with E-state index in [1.54, 1.807) is 19.2 Å². The minimum Gasteiger partial charge on any atom is -0.618 e. The second-order valence-corrected chi connectivity index (χ2v) is 12.2. The van der Waals surface area contributed by atoms with Crippen molar-refractivity contribution < 1.29 is 13.9 Å². The van der Waals surface area contributed by atoms with Gasteiger partial charge in [0.25, 0.3) is 0 Å². The largest absolute Gasteiger partial charge is 0.618 e. The molecule has 1 atom stereocenters. The van der Waals surface area contributed by atoms with Gasteiger partial charge in [-0.3, -0.25) is 0 Å². The highest BCUT2D eigenvalue weighted by Gasteiger charge is 2.39. The molecule has 0 saturated carbocycles. The minimum atomic E-state index is -1.86. The van der Waals surface area contributed by atoms with Crippen molar-refractivity contribution in [3.8, 4) is 5.75 Å². The van der Waals surface area contributed by atoms with Gasteiger partial charge in [0.1, 0.15) is 5.75 Å². The highest BCUT2D eigenvalue weighted by Crippen LogP contribution is 2.37. The molecule has 5 heteroatoms. The summed E-state index contributed by atoms with van der Waals surface area (Å²) in [6, 6.07) is 13.2. The van der Waals surface area contributed by atoms with Gasteiger partial charge in [0.05, 0.1) is 0 Å². The topological polar surface area (TPSA) is 45.4 Å². The van der Waals surface area contributed by atoms with Gasteiger partial charge in [0, 0.05) is 19.2 Å². The maximum atomic E-state index is 12.0. The molecule has 1 aromatic carbocycles. The third-order valence-corrected chi connectivity index (χ3v) is 9.08. The molecule has 1 unspecified atom stereocenters. The van der Waals surface area contributed by atoms with Crippen LogP contribution in [0.1, 0.15) is 38.1 Å². The van der Waals surface area contributed by atoms with Crippen molar-refractivity contribution in [2.45, 2.75) is 45.0 Å². The number of pyridine rings is 1.